The van der Waals surface area contributed by atoms with Crippen LogP contribution in [0.15, 0.2) is 43.0 Å². The minimum atomic E-state index is -0.453. The molecule has 6 heteroatoms. The predicted molar refractivity (Wildman–Crippen MR) is 67.2 cm³/mol. The standard InChI is InChI=1S/C12H12N4O2/c1-9(10-3-2-5-13-7-10)15-11-4-6-14-8-12(11)16(17)18/h2-9H,1H3,(H,14,15). The topological polar surface area (TPSA) is 81.0 Å². The first-order valence-corrected chi connectivity index (χ1v) is 5.43. The SMILES string of the molecule is CC(Nc1ccncc1[N+](=O)[O-])c1cccnc1. The summed E-state index contributed by atoms with van der Waals surface area (Å²) in [6.45, 7) is 1.92. The molecule has 2 heterocycles. The number of aromatic nitrogens is 2. The van der Waals surface area contributed by atoms with Gasteiger partial charge in [-0.15, -0.1) is 0 Å². The molecule has 6 nitrogen and oxygen atoms in total. The van der Waals surface area contributed by atoms with Crippen molar-refractivity contribution < 1.29 is 4.92 Å². The Balaban J connectivity index is 2.22. The van der Waals surface area contributed by atoms with Crippen LogP contribution in [0.3, 0.4) is 0 Å². The van der Waals surface area contributed by atoms with Crippen LogP contribution in [0.25, 0.3) is 0 Å². The largest absolute Gasteiger partial charge is 0.373 e. The summed E-state index contributed by atoms with van der Waals surface area (Å²) in [5.74, 6) is 0. The van der Waals surface area contributed by atoms with Crippen LogP contribution in [0.2, 0.25) is 0 Å². The van der Waals surface area contributed by atoms with E-state index in [-0.39, 0.29) is 11.7 Å². The molecule has 0 fully saturated rings. The summed E-state index contributed by atoms with van der Waals surface area (Å²) in [6, 6.07) is 5.26. The van der Waals surface area contributed by atoms with Crippen LogP contribution in [-0.2, 0) is 0 Å². The monoisotopic (exact) mass is 244 g/mol. The zero-order chi connectivity index (χ0) is 13.0. The lowest BCUT2D eigenvalue weighted by Gasteiger charge is -2.14. The smallest absolute Gasteiger partial charge is 0.310 e. The van der Waals surface area contributed by atoms with Gasteiger partial charge in [-0.25, -0.2) is 0 Å². The number of pyridine rings is 2. The lowest BCUT2D eigenvalue weighted by atomic mass is 10.1. The number of nitrogens with zero attached hydrogens (tertiary/aromatic N) is 3. The molecule has 0 aromatic carbocycles. The Bertz CT molecular complexity index is 545. The van der Waals surface area contributed by atoms with Gasteiger partial charge in [0, 0.05) is 18.6 Å². The second kappa shape index (κ2) is 5.22. The summed E-state index contributed by atoms with van der Waals surface area (Å²) in [4.78, 5) is 18.2. The Morgan fingerprint density at radius 2 is 2.06 bits per heavy atom. The highest BCUT2D eigenvalue weighted by Crippen LogP contribution is 2.26. The van der Waals surface area contributed by atoms with Gasteiger partial charge >= 0.3 is 5.69 Å². The van der Waals surface area contributed by atoms with E-state index in [0.29, 0.717) is 5.69 Å². The molecule has 0 bridgehead atoms. The van der Waals surface area contributed by atoms with E-state index in [1.807, 2.05) is 19.1 Å². The highest BCUT2D eigenvalue weighted by Gasteiger charge is 2.15. The minimum Gasteiger partial charge on any atom is -0.373 e. The molecule has 1 N–H and O–H groups in total. The van der Waals surface area contributed by atoms with Crippen molar-refractivity contribution in [2.75, 3.05) is 5.32 Å². The molecule has 0 aliphatic heterocycles. The molecule has 0 spiro atoms. The van der Waals surface area contributed by atoms with Gasteiger partial charge in [0.2, 0.25) is 0 Å². The zero-order valence-electron chi connectivity index (χ0n) is 9.78. The number of hydrogen-bond acceptors (Lipinski definition) is 5. The van der Waals surface area contributed by atoms with Crippen molar-refractivity contribution in [2.45, 2.75) is 13.0 Å². The van der Waals surface area contributed by atoms with Crippen molar-refractivity contribution in [3.8, 4) is 0 Å². The van der Waals surface area contributed by atoms with E-state index < -0.39 is 4.92 Å². The third kappa shape index (κ3) is 2.60. The maximum absolute atomic E-state index is 10.9. The van der Waals surface area contributed by atoms with Crippen molar-refractivity contribution in [3.63, 3.8) is 0 Å². The molecule has 1 atom stereocenters. The molecule has 0 aliphatic carbocycles. The lowest BCUT2D eigenvalue weighted by Crippen LogP contribution is -2.08. The van der Waals surface area contributed by atoms with Gasteiger partial charge in [0.15, 0.2) is 0 Å². The predicted octanol–water partition coefficient (Wildman–Crippen LogP) is 2.56. The molecule has 1 unspecified atom stereocenters. The average Bonchev–Trinajstić information content (AvgIpc) is 2.40. The van der Waals surface area contributed by atoms with E-state index in [2.05, 4.69) is 15.3 Å². The van der Waals surface area contributed by atoms with E-state index in [4.69, 9.17) is 0 Å². The normalized spacial score (nSPS) is 11.8. The summed E-state index contributed by atoms with van der Waals surface area (Å²) in [6.07, 6.45) is 6.17. The Morgan fingerprint density at radius 3 is 2.72 bits per heavy atom. The maximum Gasteiger partial charge on any atom is 0.310 e. The van der Waals surface area contributed by atoms with Gasteiger partial charge in [-0.05, 0) is 24.6 Å². The highest BCUT2D eigenvalue weighted by molar-refractivity contribution is 5.60. The first kappa shape index (κ1) is 12.0. The van der Waals surface area contributed by atoms with Crippen molar-refractivity contribution in [3.05, 3.63) is 58.7 Å². The number of nitrogens with one attached hydrogen (secondary N) is 1. The Morgan fingerprint density at radius 1 is 1.28 bits per heavy atom. The first-order chi connectivity index (χ1) is 8.68. The van der Waals surface area contributed by atoms with E-state index in [0.717, 1.165) is 5.56 Å². The Kier molecular flexibility index (Phi) is 3.47. The molecule has 2 rings (SSSR count). The van der Waals surface area contributed by atoms with Crippen molar-refractivity contribution >= 4 is 11.4 Å². The van der Waals surface area contributed by atoms with Crippen molar-refractivity contribution in [2.24, 2.45) is 0 Å². The van der Waals surface area contributed by atoms with Crippen LogP contribution in [0.5, 0.6) is 0 Å². The highest BCUT2D eigenvalue weighted by atomic mass is 16.6. The van der Waals surface area contributed by atoms with Crippen molar-refractivity contribution in [1.82, 2.24) is 9.97 Å². The number of anilines is 1. The molecule has 2 aromatic rings. The lowest BCUT2D eigenvalue weighted by molar-refractivity contribution is -0.384. The Labute approximate surface area is 104 Å². The maximum atomic E-state index is 10.9. The fourth-order valence-electron chi connectivity index (χ4n) is 1.60. The second-order valence-electron chi connectivity index (χ2n) is 3.80. The third-order valence-corrected chi connectivity index (χ3v) is 2.55. The number of hydrogen-bond donors (Lipinski definition) is 1. The van der Waals surface area contributed by atoms with Crippen LogP contribution in [-0.4, -0.2) is 14.9 Å². The van der Waals surface area contributed by atoms with Gasteiger partial charge in [-0.2, -0.15) is 0 Å². The molecule has 0 saturated carbocycles. The van der Waals surface area contributed by atoms with Crippen LogP contribution in [0, 0.1) is 10.1 Å². The fraction of sp³-hybridized carbons (Fsp3) is 0.167. The molecule has 0 radical (unpaired) electrons. The summed E-state index contributed by atoms with van der Waals surface area (Å²) in [5, 5.41) is 13.9. The molecular formula is C12H12N4O2. The van der Waals surface area contributed by atoms with Crippen LogP contribution >= 0.6 is 0 Å². The summed E-state index contributed by atoms with van der Waals surface area (Å²) < 4.78 is 0. The van der Waals surface area contributed by atoms with Gasteiger partial charge in [0.25, 0.3) is 0 Å². The zero-order valence-corrected chi connectivity index (χ0v) is 9.78. The van der Waals surface area contributed by atoms with E-state index >= 15 is 0 Å². The van der Waals surface area contributed by atoms with E-state index in [9.17, 15) is 10.1 Å². The molecule has 0 saturated heterocycles. The van der Waals surface area contributed by atoms with E-state index in [1.54, 1.807) is 18.5 Å². The van der Waals surface area contributed by atoms with Gasteiger partial charge in [-0.3, -0.25) is 20.1 Å². The molecular weight excluding hydrogens is 232 g/mol. The molecule has 2 aromatic heterocycles. The van der Waals surface area contributed by atoms with Crippen LogP contribution in [0.1, 0.15) is 18.5 Å². The summed E-state index contributed by atoms with van der Waals surface area (Å²) >= 11 is 0. The number of rotatable bonds is 4. The summed E-state index contributed by atoms with van der Waals surface area (Å²) in [7, 11) is 0. The molecule has 0 amide bonds. The van der Waals surface area contributed by atoms with Gasteiger partial charge < -0.3 is 5.32 Å². The second-order valence-corrected chi connectivity index (χ2v) is 3.80. The quantitative estimate of drug-likeness (QED) is 0.660. The molecule has 0 aliphatic rings. The minimum absolute atomic E-state index is 0.0340. The fourth-order valence-corrected chi connectivity index (χ4v) is 1.60. The van der Waals surface area contributed by atoms with Gasteiger partial charge in [-0.1, -0.05) is 6.07 Å². The van der Waals surface area contributed by atoms with Gasteiger partial charge in [0.1, 0.15) is 11.9 Å². The van der Waals surface area contributed by atoms with Crippen molar-refractivity contribution in [1.29, 1.82) is 0 Å². The van der Waals surface area contributed by atoms with Crippen LogP contribution < -0.4 is 5.32 Å². The summed E-state index contributed by atoms with van der Waals surface area (Å²) in [5.41, 5.74) is 1.38. The molecule has 92 valence electrons. The first-order valence-electron chi connectivity index (χ1n) is 5.43. The number of nitro groups is 1. The third-order valence-electron chi connectivity index (χ3n) is 2.55. The molecule has 18 heavy (non-hydrogen) atoms. The Hall–Kier alpha value is -2.50. The van der Waals surface area contributed by atoms with Gasteiger partial charge in [0.05, 0.1) is 11.0 Å². The average molecular weight is 244 g/mol. The van der Waals surface area contributed by atoms with Crippen LogP contribution in [0.4, 0.5) is 11.4 Å². The van der Waals surface area contributed by atoms with E-state index in [1.165, 1.54) is 12.4 Å².